The van der Waals surface area contributed by atoms with Crippen molar-refractivity contribution in [1.82, 2.24) is 5.32 Å². The summed E-state index contributed by atoms with van der Waals surface area (Å²) in [6, 6.07) is 10.1. The van der Waals surface area contributed by atoms with E-state index < -0.39 is 0 Å². The number of ether oxygens (including phenoxy) is 1. The molecule has 0 aliphatic rings. The summed E-state index contributed by atoms with van der Waals surface area (Å²) in [4.78, 5) is 11.8. The van der Waals surface area contributed by atoms with Crippen molar-refractivity contribution in [2.75, 3.05) is 6.61 Å². The van der Waals surface area contributed by atoms with Gasteiger partial charge >= 0.3 is 5.97 Å². The first-order valence-corrected chi connectivity index (χ1v) is 6.66. The van der Waals surface area contributed by atoms with Crippen LogP contribution in [0.25, 0.3) is 0 Å². The Morgan fingerprint density at radius 1 is 1.28 bits per heavy atom. The first-order valence-electron chi connectivity index (χ1n) is 6.66. The van der Waals surface area contributed by atoms with Gasteiger partial charge in [0, 0.05) is 6.04 Å². The van der Waals surface area contributed by atoms with Crippen LogP contribution >= 0.6 is 0 Å². The minimum Gasteiger partial charge on any atom is -0.465 e. The number of esters is 1. The van der Waals surface area contributed by atoms with Crippen LogP contribution in [0.2, 0.25) is 0 Å². The van der Waals surface area contributed by atoms with Crippen molar-refractivity contribution in [1.29, 1.82) is 0 Å². The highest BCUT2D eigenvalue weighted by molar-refractivity contribution is 5.75. The molecule has 18 heavy (non-hydrogen) atoms. The van der Waals surface area contributed by atoms with Crippen LogP contribution in [0.15, 0.2) is 30.3 Å². The van der Waals surface area contributed by atoms with E-state index in [0.717, 1.165) is 12.8 Å². The zero-order valence-electron chi connectivity index (χ0n) is 11.5. The molecule has 1 aromatic rings. The summed E-state index contributed by atoms with van der Waals surface area (Å²) in [5, 5.41) is 3.34. The number of carbonyl (C=O) groups is 1. The van der Waals surface area contributed by atoms with E-state index in [1.165, 1.54) is 5.56 Å². The van der Waals surface area contributed by atoms with Crippen LogP contribution in [0.5, 0.6) is 0 Å². The van der Waals surface area contributed by atoms with E-state index >= 15 is 0 Å². The van der Waals surface area contributed by atoms with Gasteiger partial charge in [-0.05, 0) is 25.8 Å². The number of rotatable bonds is 7. The van der Waals surface area contributed by atoms with E-state index in [1.54, 1.807) is 0 Å². The lowest BCUT2D eigenvalue weighted by Crippen LogP contribution is -2.39. The Balaban J connectivity index is 2.63. The summed E-state index contributed by atoms with van der Waals surface area (Å²) < 4.78 is 5.09. The smallest absolute Gasteiger partial charge is 0.323 e. The number of hydrogen-bond donors (Lipinski definition) is 1. The highest BCUT2D eigenvalue weighted by Gasteiger charge is 2.20. The molecule has 0 saturated carbocycles. The molecule has 2 atom stereocenters. The third kappa shape index (κ3) is 4.49. The highest BCUT2D eigenvalue weighted by Crippen LogP contribution is 2.14. The summed E-state index contributed by atoms with van der Waals surface area (Å²) in [5.74, 6) is -0.151. The molecule has 0 spiro atoms. The number of nitrogens with one attached hydrogen (secondary N) is 1. The molecule has 1 unspecified atom stereocenters. The zero-order valence-corrected chi connectivity index (χ0v) is 11.5. The Morgan fingerprint density at radius 2 is 1.94 bits per heavy atom. The van der Waals surface area contributed by atoms with Gasteiger partial charge in [-0.25, -0.2) is 0 Å². The van der Waals surface area contributed by atoms with Gasteiger partial charge < -0.3 is 4.74 Å². The van der Waals surface area contributed by atoms with Crippen molar-refractivity contribution in [3.63, 3.8) is 0 Å². The molecular formula is C15H23NO2. The predicted octanol–water partition coefficient (Wildman–Crippen LogP) is 3.07. The normalized spacial score (nSPS) is 13.9. The molecular weight excluding hydrogens is 226 g/mol. The molecule has 3 heteroatoms. The van der Waals surface area contributed by atoms with Crippen LogP contribution in [-0.2, 0) is 9.53 Å². The van der Waals surface area contributed by atoms with Crippen LogP contribution in [-0.4, -0.2) is 18.6 Å². The average molecular weight is 249 g/mol. The minimum atomic E-state index is -0.217. The van der Waals surface area contributed by atoms with E-state index in [4.69, 9.17) is 4.74 Å². The Bertz CT molecular complexity index is 351. The average Bonchev–Trinajstić information content (AvgIpc) is 2.39. The van der Waals surface area contributed by atoms with Crippen molar-refractivity contribution in [3.8, 4) is 0 Å². The van der Waals surface area contributed by atoms with Gasteiger partial charge in [0.25, 0.3) is 0 Å². The first kappa shape index (κ1) is 14.7. The minimum absolute atomic E-state index is 0.146. The Hall–Kier alpha value is -1.35. The van der Waals surface area contributed by atoms with E-state index in [9.17, 15) is 4.79 Å². The summed E-state index contributed by atoms with van der Waals surface area (Å²) >= 11 is 0. The van der Waals surface area contributed by atoms with Crippen LogP contribution in [0, 0.1) is 0 Å². The maximum absolute atomic E-state index is 11.8. The maximum Gasteiger partial charge on any atom is 0.323 e. The van der Waals surface area contributed by atoms with Gasteiger partial charge in [0.1, 0.15) is 6.04 Å². The molecule has 0 bridgehead atoms. The van der Waals surface area contributed by atoms with Crippen molar-refractivity contribution in [2.24, 2.45) is 0 Å². The number of hydrogen-bond acceptors (Lipinski definition) is 3. The molecule has 0 amide bonds. The molecule has 1 N–H and O–H groups in total. The van der Waals surface area contributed by atoms with Gasteiger partial charge in [-0.1, -0.05) is 43.7 Å². The van der Waals surface area contributed by atoms with E-state index in [2.05, 4.69) is 31.3 Å². The summed E-state index contributed by atoms with van der Waals surface area (Å²) in [7, 11) is 0. The second-order valence-corrected chi connectivity index (χ2v) is 4.39. The third-order valence-electron chi connectivity index (χ3n) is 2.90. The molecule has 0 aromatic heterocycles. The monoisotopic (exact) mass is 249 g/mol. The third-order valence-corrected chi connectivity index (χ3v) is 2.90. The molecule has 0 radical (unpaired) electrons. The number of benzene rings is 1. The number of carbonyl (C=O) groups excluding carboxylic acids is 1. The van der Waals surface area contributed by atoms with Gasteiger partial charge in [0.05, 0.1) is 6.61 Å². The Kier molecular flexibility index (Phi) is 6.44. The predicted molar refractivity (Wildman–Crippen MR) is 73.3 cm³/mol. The molecule has 0 fully saturated rings. The van der Waals surface area contributed by atoms with Crippen molar-refractivity contribution in [2.45, 2.75) is 45.7 Å². The van der Waals surface area contributed by atoms with Gasteiger partial charge in [0.15, 0.2) is 0 Å². The van der Waals surface area contributed by atoms with Crippen molar-refractivity contribution < 1.29 is 9.53 Å². The fourth-order valence-corrected chi connectivity index (χ4v) is 1.94. The standard InChI is InChI=1S/C15H23NO2/c1-4-9-14(15(17)18-5-2)16-12(3)13-10-7-6-8-11-13/h6-8,10-12,14,16H,4-5,9H2,1-3H3/t12-,14?/m1/s1. The lowest BCUT2D eigenvalue weighted by molar-refractivity contribution is -0.146. The van der Waals surface area contributed by atoms with E-state index in [0.29, 0.717) is 6.61 Å². The SMILES string of the molecule is CCCC(N[C@H](C)c1ccccc1)C(=O)OCC. The van der Waals surface area contributed by atoms with Crippen molar-refractivity contribution >= 4 is 5.97 Å². The Labute approximate surface area is 110 Å². The summed E-state index contributed by atoms with van der Waals surface area (Å²) in [5.41, 5.74) is 1.18. The molecule has 0 saturated heterocycles. The van der Waals surface area contributed by atoms with Crippen LogP contribution < -0.4 is 5.32 Å². The lowest BCUT2D eigenvalue weighted by Gasteiger charge is -2.21. The zero-order chi connectivity index (χ0) is 13.4. The largest absolute Gasteiger partial charge is 0.465 e. The van der Waals surface area contributed by atoms with Gasteiger partial charge in [-0.3, -0.25) is 10.1 Å². The van der Waals surface area contributed by atoms with Crippen LogP contribution in [0.4, 0.5) is 0 Å². The fraction of sp³-hybridized carbons (Fsp3) is 0.533. The van der Waals surface area contributed by atoms with Crippen molar-refractivity contribution in [3.05, 3.63) is 35.9 Å². The van der Waals surface area contributed by atoms with E-state index in [1.807, 2.05) is 25.1 Å². The molecule has 100 valence electrons. The molecule has 0 aliphatic heterocycles. The molecule has 1 aromatic carbocycles. The summed E-state index contributed by atoms with van der Waals surface area (Å²) in [6.07, 6.45) is 1.76. The molecule has 3 nitrogen and oxygen atoms in total. The Morgan fingerprint density at radius 3 is 2.50 bits per heavy atom. The van der Waals surface area contributed by atoms with Crippen LogP contribution in [0.1, 0.15) is 45.2 Å². The quantitative estimate of drug-likeness (QED) is 0.755. The highest BCUT2D eigenvalue weighted by atomic mass is 16.5. The second kappa shape index (κ2) is 7.88. The van der Waals surface area contributed by atoms with E-state index in [-0.39, 0.29) is 18.1 Å². The van der Waals surface area contributed by atoms with Gasteiger partial charge in [-0.2, -0.15) is 0 Å². The van der Waals surface area contributed by atoms with Gasteiger partial charge in [0.2, 0.25) is 0 Å². The fourth-order valence-electron chi connectivity index (χ4n) is 1.94. The molecule has 0 heterocycles. The summed E-state index contributed by atoms with van der Waals surface area (Å²) in [6.45, 7) is 6.40. The second-order valence-electron chi connectivity index (χ2n) is 4.39. The lowest BCUT2D eigenvalue weighted by atomic mass is 10.1. The van der Waals surface area contributed by atoms with Gasteiger partial charge in [-0.15, -0.1) is 0 Å². The molecule has 0 aliphatic carbocycles. The first-order chi connectivity index (χ1) is 8.69. The van der Waals surface area contributed by atoms with Crippen LogP contribution in [0.3, 0.4) is 0 Å². The molecule has 1 rings (SSSR count). The maximum atomic E-state index is 11.8. The topological polar surface area (TPSA) is 38.3 Å².